The van der Waals surface area contributed by atoms with E-state index >= 15 is 0 Å². The van der Waals surface area contributed by atoms with Gasteiger partial charge in [-0.05, 0) is 62.7 Å². The Balaban J connectivity index is 2.31. The van der Waals surface area contributed by atoms with Crippen LogP contribution in [0.25, 0.3) is 0 Å². The van der Waals surface area contributed by atoms with E-state index in [1.807, 2.05) is 6.08 Å². The molecule has 122 valence electrons. The van der Waals surface area contributed by atoms with E-state index in [0.717, 1.165) is 32.1 Å². The van der Waals surface area contributed by atoms with Crippen molar-refractivity contribution in [3.63, 3.8) is 0 Å². The second kappa shape index (κ2) is 6.85. The predicted octanol–water partition coefficient (Wildman–Crippen LogP) is 5.52. The molecule has 0 aromatic rings. The fourth-order valence-electron chi connectivity index (χ4n) is 4.00. The molecule has 22 heavy (non-hydrogen) atoms. The third kappa shape index (κ3) is 3.71. The molecule has 0 amide bonds. The summed E-state index contributed by atoms with van der Waals surface area (Å²) in [5.41, 5.74) is 3.79. The molecule has 2 nitrogen and oxygen atoms in total. The smallest absolute Gasteiger partial charge is 0.331 e. The highest BCUT2D eigenvalue weighted by molar-refractivity contribution is 5.86. The Morgan fingerprint density at radius 1 is 1.23 bits per heavy atom. The summed E-state index contributed by atoms with van der Waals surface area (Å²) in [5.74, 6) is 0.326. The molecule has 2 rings (SSSR count). The molecule has 0 spiro atoms. The molecule has 0 bridgehead atoms. The quantitative estimate of drug-likeness (QED) is 0.682. The van der Waals surface area contributed by atoms with Gasteiger partial charge in [0.2, 0.25) is 0 Å². The first-order chi connectivity index (χ1) is 10.3. The Bertz CT molecular complexity index is 522. The molecule has 0 aromatic heterocycles. The highest BCUT2D eigenvalue weighted by Crippen LogP contribution is 2.50. The molecule has 0 aromatic carbocycles. The minimum Gasteiger partial charge on any atom is -0.478 e. The Morgan fingerprint density at radius 3 is 2.55 bits per heavy atom. The highest BCUT2D eigenvalue weighted by atomic mass is 16.4. The first-order valence-electron chi connectivity index (χ1n) is 8.61. The molecule has 2 aliphatic carbocycles. The van der Waals surface area contributed by atoms with Crippen molar-refractivity contribution in [1.82, 2.24) is 0 Å². The van der Waals surface area contributed by atoms with Crippen molar-refractivity contribution in [3.05, 3.63) is 34.9 Å². The van der Waals surface area contributed by atoms with Gasteiger partial charge in [-0.3, -0.25) is 0 Å². The third-order valence-electron chi connectivity index (χ3n) is 5.54. The van der Waals surface area contributed by atoms with Crippen LogP contribution in [-0.4, -0.2) is 11.1 Å². The maximum Gasteiger partial charge on any atom is 0.331 e. The van der Waals surface area contributed by atoms with E-state index in [-0.39, 0.29) is 5.41 Å². The van der Waals surface area contributed by atoms with Crippen LogP contribution in [-0.2, 0) is 4.79 Å². The van der Waals surface area contributed by atoms with Crippen LogP contribution in [0.4, 0.5) is 0 Å². The van der Waals surface area contributed by atoms with Crippen molar-refractivity contribution in [3.8, 4) is 0 Å². The SMILES string of the molecule is C/C1=C/C[C@]2(C)CC=C(C(C)C)[C@H]2CC/C(C(=O)O)=C\CC1. The number of hydrogen-bond acceptors (Lipinski definition) is 1. The number of aliphatic carboxylic acids is 1. The molecule has 0 aliphatic heterocycles. The Hall–Kier alpha value is -1.31. The van der Waals surface area contributed by atoms with E-state index in [9.17, 15) is 9.90 Å². The third-order valence-corrected chi connectivity index (χ3v) is 5.54. The van der Waals surface area contributed by atoms with E-state index in [2.05, 4.69) is 39.8 Å². The molecule has 2 aliphatic rings. The fraction of sp³-hybridized carbons (Fsp3) is 0.650. The van der Waals surface area contributed by atoms with Gasteiger partial charge in [0.1, 0.15) is 0 Å². The largest absolute Gasteiger partial charge is 0.478 e. The lowest BCUT2D eigenvalue weighted by molar-refractivity contribution is -0.132. The minimum atomic E-state index is -0.740. The van der Waals surface area contributed by atoms with Crippen LogP contribution in [0.1, 0.15) is 66.2 Å². The topological polar surface area (TPSA) is 37.3 Å². The Morgan fingerprint density at radius 2 is 1.91 bits per heavy atom. The average molecular weight is 302 g/mol. The van der Waals surface area contributed by atoms with Crippen LogP contribution in [0.2, 0.25) is 0 Å². The van der Waals surface area contributed by atoms with Crippen LogP contribution in [0, 0.1) is 17.3 Å². The molecule has 1 N–H and O–H groups in total. The highest BCUT2D eigenvalue weighted by Gasteiger charge is 2.40. The summed E-state index contributed by atoms with van der Waals surface area (Å²) >= 11 is 0. The fourth-order valence-corrected chi connectivity index (χ4v) is 4.00. The van der Waals surface area contributed by atoms with E-state index in [1.165, 1.54) is 11.1 Å². The number of carbonyl (C=O) groups is 1. The first kappa shape index (κ1) is 17.1. The molecule has 0 heterocycles. The molecule has 2 atom stereocenters. The van der Waals surface area contributed by atoms with Crippen molar-refractivity contribution >= 4 is 5.97 Å². The minimum absolute atomic E-state index is 0.259. The lowest BCUT2D eigenvalue weighted by Crippen LogP contribution is -2.25. The van der Waals surface area contributed by atoms with Gasteiger partial charge in [0.25, 0.3) is 0 Å². The maximum atomic E-state index is 11.5. The molecular formula is C20H30O2. The van der Waals surface area contributed by atoms with Gasteiger partial charge in [-0.25, -0.2) is 4.79 Å². The summed E-state index contributed by atoms with van der Waals surface area (Å²) in [6.07, 6.45) is 12.5. The number of hydrogen-bond donors (Lipinski definition) is 1. The monoisotopic (exact) mass is 302 g/mol. The number of allylic oxidation sites excluding steroid dienone is 5. The number of carboxylic acids is 1. The van der Waals surface area contributed by atoms with Gasteiger partial charge < -0.3 is 5.11 Å². The average Bonchev–Trinajstić information content (AvgIpc) is 2.76. The van der Waals surface area contributed by atoms with Crippen LogP contribution in [0.5, 0.6) is 0 Å². The van der Waals surface area contributed by atoms with E-state index in [0.29, 0.717) is 23.8 Å². The van der Waals surface area contributed by atoms with Gasteiger partial charge in [0, 0.05) is 5.57 Å². The van der Waals surface area contributed by atoms with Crippen molar-refractivity contribution in [2.45, 2.75) is 66.2 Å². The molecular weight excluding hydrogens is 272 g/mol. The van der Waals surface area contributed by atoms with Crippen molar-refractivity contribution < 1.29 is 9.90 Å². The van der Waals surface area contributed by atoms with Crippen LogP contribution >= 0.6 is 0 Å². The number of rotatable bonds is 2. The van der Waals surface area contributed by atoms with E-state index < -0.39 is 5.97 Å². The van der Waals surface area contributed by atoms with Gasteiger partial charge in [0.05, 0.1) is 0 Å². The van der Waals surface area contributed by atoms with Crippen LogP contribution in [0.3, 0.4) is 0 Å². The van der Waals surface area contributed by atoms with Crippen LogP contribution in [0.15, 0.2) is 34.9 Å². The Kier molecular flexibility index (Phi) is 5.31. The van der Waals surface area contributed by atoms with Crippen molar-refractivity contribution in [2.24, 2.45) is 17.3 Å². The molecule has 0 unspecified atom stereocenters. The summed E-state index contributed by atoms with van der Waals surface area (Å²) < 4.78 is 0. The summed E-state index contributed by atoms with van der Waals surface area (Å²) in [5, 5.41) is 9.44. The van der Waals surface area contributed by atoms with Gasteiger partial charge in [-0.2, -0.15) is 0 Å². The van der Waals surface area contributed by atoms with Gasteiger partial charge in [0.15, 0.2) is 0 Å². The van der Waals surface area contributed by atoms with Gasteiger partial charge >= 0.3 is 5.97 Å². The van der Waals surface area contributed by atoms with Crippen molar-refractivity contribution in [1.29, 1.82) is 0 Å². The Labute approximate surface area is 135 Å². The zero-order chi connectivity index (χ0) is 16.3. The standard InChI is InChI=1S/C20H30O2/c1-14(2)17-11-13-20(4)12-10-15(3)6-5-7-16(19(21)22)8-9-18(17)20/h7,10-11,14,18H,5-6,8-9,12-13H2,1-4H3,(H,21,22)/b15-10-,16-7+/t18-,20-/m1/s1. The summed E-state index contributed by atoms with van der Waals surface area (Å²) in [6.45, 7) is 9.08. The zero-order valence-corrected chi connectivity index (χ0v) is 14.5. The predicted molar refractivity (Wildman–Crippen MR) is 91.7 cm³/mol. The molecule has 0 fully saturated rings. The van der Waals surface area contributed by atoms with Gasteiger partial charge in [-0.1, -0.05) is 50.1 Å². The normalized spacial score (nSPS) is 34.8. The number of carboxylic acid groups (broad SMARTS) is 1. The molecule has 0 radical (unpaired) electrons. The number of fused-ring (bicyclic) bond motifs is 1. The lowest BCUT2D eigenvalue weighted by Gasteiger charge is -2.34. The molecule has 0 saturated heterocycles. The second-order valence-electron chi connectivity index (χ2n) is 7.64. The summed E-state index contributed by atoms with van der Waals surface area (Å²) in [4.78, 5) is 11.5. The molecule has 2 heteroatoms. The van der Waals surface area contributed by atoms with E-state index in [1.54, 1.807) is 0 Å². The zero-order valence-electron chi connectivity index (χ0n) is 14.5. The van der Waals surface area contributed by atoms with Crippen molar-refractivity contribution in [2.75, 3.05) is 0 Å². The van der Waals surface area contributed by atoms with Gasteiger partial charge in [-0.15, -0.1) is 0 Å². The first-order valence-corrected chi connectivity index (χ1v) is 8.61. The molecule has 0 saturated carbocycles. The lowest BCUT2D eigenvalue weighted by atomic mass is 9.70. The summed E-state index contributed by atoms with van der Waals surface area (Å²) in [6, 6.07) is 0. The maximum absolute atomic E-state index is 11.5. The summed E-state index contributed by atoms with van der Waals surface area (Å²) in [7, 11) is 0. The second-order valence-corrected chi connectivity index (χ2v) is 7.64. The van der Waals surface area contributed by atoms with E-state index in [4.69, 9.17) is 0 Å². The van der Waals surface area contributed by atoms with Crippen LogP contribution < -0.4 is 0 Å².